The molecule has 3 unspecified atom stereocenters. The molecule has 3 saturated heterocycles. The van der Waals surface area contributed by atoms with Gasteiger partial charge >= 0.3 is 0 Å². The van der Waals surface area contributed by atoms with Crippen LogP contribution < -0.4 is 5.32 Å². The Bertz CT molecular complexity index is 351. The molecule has 3 atom stereocenters. The van der Waals surface area contributed by atoms with Crippen LogP contribution in [0.3, 0.4) is 0 Å². The number of amides is 1. The second-order valence-corrected chi connectivity index (χ2v) is 6.98. The SMILES string of the molecule is CN1CCCC2CN(C(=O)C3(C)CCNC3)CCC21. The predicted octanol–water partition coefficient (Wildman–Crippen LogP) is 0.929. The van der Waals surface area contributed by atoms with E-state index in [1.165, 1.54) is 19.4 Å². The number of nitrogens with one attached hydrogen (secondary N) is 1. The third-order valence-electron chi connectivity index (χ3n) is 5.52. The van der Waals surface area contributed by atoms with Crippen molar-refractivity contribution >= 4 is 5.91 Å². The Morgan fingerprint density at radius 1 is 1.32 bits per heavy atom. The standard InChI is InChI=1S/C15H27N3O/c1-15(6-7-16-11-15)14(19)18-9-5-13-12(10-18)4-3-8-17(13)2/h12-13,16H,3-11H2,1-2H3. The Hall–Kier alpha value is -0.610. The van der Waals surface area contributed by atoms with Crippen molar-refractivity contribution in [2.24, 2.45) is 11.3 Å². The van der Waals surface area contributed by atoms with Gasteiger partial charge in [0.25, 0.3) is 0 Å². The molecule has 3 aliphatic heterocycles. The second-order valence-electron chi connectivity index (χ2n) is 6.98. The molecule has 1 N–H and O–H groups in total. The zero-order valence-electron chi connectivity index (χ0n) is 12.3. The molecule has 3 rings (SSSR count). The van der Waals surface area contributed by atoms with E-state index in [0.29, 0.717) is 17.9 Å². The monoisotopic (exact) mass is 265 g/mol. The number of nitrogens with zero attached hydrogens (tertiary/aromatic N) is 2. The Kier molecular flexibility index (Phi) is 3.56. The number of likely N-dealkylation sites (tertiary alicyclic amines) is 2. The zero-order valence-corrected chi connectivity index (χ0v) is 12.3. The normalized spacial score (nSPS) is 40.2. The average molecular weight is 265 g/mol. The molecular weight excluding hydrogens is 238 g/mol. The summed E-state index contributed by atoms with van der Waals surface area (Å²) in [4.78, 5) is 17.4. The lowest BCUT2D eigenvalue weighted by Gasteiger charge is -2.47. The fourth-order valence-electron chi connectivity index (χ4n) is 4.22. The van der Waals surface area contributed by atoms with E-state index in [9.17, 15) is 4.79 Å². The third-order valence-corrected chi connectivity index (χ3v) is 5.52. The first-order chi connectivity index (χ1) is 9.10. The van der Waals surface area contributed by atoms with E-state index in [-0.39, 0.29) is 5.41 Å². The first-order valence-corrected chi connectivity index (χ1v) is 7.80. The average Bonchev–Trinajstić information content (AvgIpc) is 2.86. The summed E-state index contributed by atoms with van der Waals surface area (Å²) in [5, 5.41) is 3.34. The van der Waals surface area contributed by atoms with Gasteiger partial charge in [-0.05, 0) is 58.7 Å². The zero-order chi connectivity index (χ0) is 13.5. The van der Waals surface area contributed by atoms with E-state index >= 15 is 0 Å². The van der Waals surface area contributed by atoms with Crippen molar-refractivity contribution in [2.45, 2.75) is 38.6 Å². The van der Waals surface area contributed by atoms with Crippen LogP contribution in [0.15, 0.2) is 0 Å². The number of hydrogen-bond acceptors (Lipinski definition) is 3. The van der Waals surface area contributed by atoms with Gasteiger partial charge in [-0.15, -0.1) is 0 Å². The molecule has 108 valence electrons. The molecule has 0 radical (unpaired) electrons. The minimum atomic E-state index is -0.145. The smallest absolute Gasteiger partial charge is 0.229 e. The number of carbonyl (C=O) groups excluding carboxylic acids is 1. The van der Waals surface area contributed by atoms with E-state index in [1.54, 1.807) is 0 Å². The van der Waals surface area contributed by atoms with Gasteiger partial charge in [0.2, 0.25) is 5.91 Å². The summed E-state index contributed by atoms with van der Waals surface area (Å²) in [5.74, 6) is 1.10. The highest BCUT2D eigenvalue weighted by atomic mass is 16.2. The molecule has 0 spiro atoms. The molecule has 1 amide bonds. The van der Waals surface area contributed by atoms with Crippen LogP contribution in [0.25, 0.3) is 0 Å². The molecule has 3 fully saturated rings. The van der Waals surface area contributed by atoms with E-state index < -0.39 is 0 Å². The lowest BCUT2D eigenvalue weighted by molar-refractivity contribution is -0.143. The first kappa shape index (κ1) is 13.4. The van der Waals surface area contributed by atoms with Crippen molar-refractivity contribution in [1.82, 2.24) is 15.1 Å². The summed E-state index contributed by atoms with van der Waals surface area (Å²) >= 11 is 0. The Morgan fingerprint density at radius 2 is 2.16 bits per heavy atom. The maximum Gasteiger partial charge on any atom is 0.229 e. The molecule has 3 heterocycles. The molecule has 0 aromatic carbocycles. The number of fused-ring (bicyclic) bond motifs is 1. The van der Waals surface area contributed by atoms with Gasteiger partial charge in [0, 0.05) is 25.7 Å². The highest BCUT2D eigenvalue weighted by Crippen LogP contribution is 2.33. The molecule has 0 aliphatic carbocycles. The minimum Gasteiger partial charge on any atom is -0.342 e. The molecule has 0 aromatic rings. The summed E-state index contributed by atoms with van der Waals surface area (Å²) in [6, 6.07) is 0.715. The van der Waals surface area contributed by atoms with Gasteiger partial charge in [-0.3, -0.25) is 4.79 Å². The molecule has 4 nitrogen and oxygen atoms in total. The second kappa shape index (κ2) is 5.06. The quantitative estimate of drug-likeness (QED) is 0.766. The third kappa shape index (κ3) is 2.40. The fraction of sp³-hybridized carbons (Fsp3) is 0.933. The van der Waals surface area contributed by atoms with Crippen molar-refractivity contribution in [1.29, 1.82) is 0 Å². The number of rotatable bonds is 1. The maximum atomic E-state index is 12.8. The van der Waals surface area contributed by atoms with Crippen molar-refractivity contribution in [3.63, 3.8) is 0 Å². The predicted molar refractivity (Wildman–Crippen MR) is 75.9 cm³/mol. The van der Waals surface area contributed by atoms with Crippen molar-refractivity contribution in [2.75, 3.05) is 39.8 Å². The van der Waals surface area contributed by atoms with Crippen molar-refractivity contribution in [3.05, 3.63) is 0 Å². The molecular formula is C15H27N3O. The van der Waals surface area contributed by atoms with Crippen molar-refractivity contribution in [3.8, 4) is 0 Å². The topological polar surface area (TPSA) is 35.6 Å². The summed E-state index contributed by atoms with van der Waals surface area (Å²) in [6.07, 6.45) is 4.75. The van der Waals surface area contributed by atoms with Crippen LogP contribution in [0.2, 0.25) is 0 Å². The van der Waals surface area contributed by atoms with E-state index in [0.717, 1.165) is 39.0 Å². The first-order valence-electron chi connectivity index (χ1n) is 7.80. The van der Waals surface area contributed by atoms with E-state index in [1.807, 2.05) is 0 Å². The molecule has 0 bridgehead atoms. The lowest BCUT2D eigenvalue weighted by Crippen LogP contribution is -2.56. The maximum absolute atomic E-state index is 12.8. The van der Waals surface area contributed by atoms with Crippen LogP contribution in [0.1, 0.15) is 32.6 Å². The molecule has 0 aromatic heterocycles. The molecule has 3 aliphatic rings. The Labute approximate surface area is 116 Å². The van der Waals surface area contributed by atoms with Crippen molar-refractivity contribution < 1.29 is 4.79 Å². The van der Waals surface area contributed by atoms with Gasteiger partial charge in [0.05, 0.1) is 5.41 Å². The van der Waals surface area contributed by atoms with E-state index in [4.69, 9.17) is 0 Å². The highest BCUT2D eigenvalue weighted by Gasteiger charge is 2.42. The summed E-state index contributed by atoms with van der Waals surface area (Å²) in [7, 11) is 2.25. The van der Waals surface area contributed by atoms with Crippen LogP contribution in [-0.2, 0) is 4.79 Å². The van der Waals surface area contributed by atoms with Crippen LogP contribution in [0, 0.1) is 11.3 Å². The fourth-order valence-corrected chi connectivity index (χ4v) is 4.22. The van der Waals surface area contributed by atoms with Crippen LogP contribution in [0.5, 0.6) is 0 Å². The van der Waals surface area contributed by atoms with Crippen LogP contribution in [0.4, 0.5) is 0 Å². The highest BCUT2D eigenvalue weighted by molar-refractivity contribution is 5.83. The largest absolute Gasteiger partial charge is 0.342 e. The van der Waals surface area contributed by atoms with Gasteiger partial charge in [0.15, 0.2) is 0 Å². The minimum absolute atomic E-state index is 0.145. The van der Waals surface area contributed by atoms with Gasteiger partial charge in [-0.25, -0.2) is 0 Å². The Balaban J connectivity index is 1.66. The molecule has 19 heavy (non-hydrogen) atoms. The summed E-state index contributed by atoms with van der Waals surface area (Å²) in [5.41, 5.74) is -0.145. The molecule has 0 saturated carbocycles. The lowest BCUT2D eigenvalue weighted by atomic mass is 9.82. The number of hydrogen-bond donors (Lipinski definition) is 1. The van der Waals surface area contributed by atoms with Gasteiger partial charge < -0.3 is 15.1 Å². The van der Waals surface area contributed by atoms with Crippen LogP contribution >= 0.6 is 0 Å². The number of carbonyl (C=O) groups is 1. The van der Waals surface area contributed by atoms with Gasteiger partial charge in [-0.1, -0.05) is 0 Å². The van der Waals surface area contributed by atoms with Gasteiger partial charge in [0.1, 0.15) is 0 Å². The van der Waals surface area contributed by atoms with E-state index in [2.05, 4.69) is 29.1 Å². The Morgan fingerprint density at radius 3 is 2.89 bits per heavy atom. The summed E-state index contributed by atoms with van der Waals surface area (Å²) < 4.78 is 0. The molecule has 4 heteroatoms. The van der Waals surface area contributed by atoms with Gasteiger partial charge in [-0.2, -0.15) is 0 Å². The summed E-state index contributed by atoms with van der Waals surface area (Å²) in [6.45, 7) is 7.16. The van der Waals surface area contributed by atoms with Crippen LogP contribution in [-0.4, -0.2) is 61.5 Å². The number of piperidine rings is 2.